The normalized spacial score (nSPS) is 12.4. The maximum Gasteiger partial charge on any atom is 0.278 e. The number of nitrogens with zero attached hydrogens (tertiary/aromatic N) is 2. The van der Waals surface area contributed by atoms with Gasteiger partial charge in [0.1, 0.15) is 5.82 Å². The van der Waals surface area contributed by atoms with Crippen molar-refractivity contribution in [2.75, 3.05) is 12.5 Å². The van der Waals surface area contributed by atoms with Crippen molar-refractivity contribution in [3.05, 3.63) is 79.3 Å². The maximum absolute atomic E-state index is 14.0. The third kappa shape index (κ3) is 5.31. The highest BCUT2D eigenvalue weighted by Gasteiger charge is 2.53. The minimum Gasteiger partial charge on any atom is -0.503 e. The number of carbonyl (C=O) groups excluding carboxylic acids is 1. The predicted molar refractivity (Wildman–Crippen MR) is 139 cm³/mol. The molecule has 0 bridgehead atoms. The number of aryl methyl sites for hydroxylation is 1. The van der Waals surface area contributed by atoms with Crippen LogP contribution in [0, 0.1) is 5.82 Å². The number of carbonyl (C=O) groups is 1. The summed E-state index contributed by atoms with van der Waals surface area (Å²) in [6.45, 7) is 0.722. The number of rotatable bonds is 8. The van der Waals surface area contributed by atoms with E-state index in [0.29, 0.717) is 19.4 Å². The van der Waals surface area contributed by atoms with Gasteiger partial charge in [0, 0.05) is 48.2 Å². The molecule has 2 aromatic heterocycles. The number of Topliss-reactive ketones (excluding diaryl/α,β-unsaturated/α-hetero) is 1. The second-order valence-corrected chi connectivity index (χ2v) is 13.8. The molecule has 2 heterocycles. The number of hydrogen-bond acceptors (Lipinski definition) is 8. The molecule has 0 fully saturated rings. The van der Waals surface area contributed by atoms with Gasteiger partial charge in [-0.1, -0.05) is 17.7 Å². The van der Waals surface area contributed by atoms with Gasteiger partial charge in [-0.2, -0.15) is 0 Å². The highest BCUT2D eigenvalue weighted by atomic mass is 35.5. The SMILES string of the molecule is CC(C(=O)c1cn2ccn(CCCc3c(F)cccc3Cl)c(=O)c2c(O)c1=O)(S(C)(=O)=O)S(C)(=O)=O.Cl. The summed E-state index contributed by atoms with van der Waals surface area (Å²) < 4.78 is 62.1. The summed E-state index contributed by atoms with van der Waals surface area (Å²) in [4.78, 5) is 38.8. The molecule has 10 nitrogen and oxygen atoms in total. The fourth-order valence-corrected chi connectivity index (χ4v) is 7.05. The summed E-state index contributed by atoms with van der Waals surface area (Å²) in [5.74, 6) is -3.21. The Hall–Kier alpha value is -2.74. The number of hydrogen-bond donors (Lipinski definition) is 1. The monoisotopic (exact) mass is 596 g/mol. The van der Waals surface area contributed by atoms with E-state index in [1.54, 1.807) is 0 Å². The van der Waals surface area contributed by atoms with Gasteiger partial charge in [0.15, 0.2) is 30.9 Å². The van der Waals surface area contributed by atoms with Gasteiger partial charge in [-0.05, 0) is 31.9 Å². The van der Waals surface area contributed by atoms with E-state index in [9.17, 15) is 40.7 Å². The molecule has 0 saturated heterocycles. The smallest absolute Gasteiger partial charge is 0.278 e. The molecular weight excluding hydrogens is 574 g/mol. The lowest BCUT2D eigenvalue weighted by atomic mass is 10.1. The van der Waals surface area contributed by atoms with Crippen LogP contribution in [0.25, 0.3) is 5.52 Å². The first-order chi connectivity index (χ1) is 16.5. The summed E-state index contributed by atoms with van der Waals surface area (Å²) >= 11 is 6.00. The van der Waals surface area contributed by atoms with E-state index in [2.05, 4.69) is 0 Å². The summed E-state index contributed by atoms with van der Waals surface area (Å²) in [5.41, 5.74) is -3.38. The van der Waals surface area contributed by atoms with Crippen molar-refractivity contribution < 1.29 is 31.1 Å². The van der Waals surface area contributed by atoms with Gasteiger partial charge in [0.2, 0.25) is 15.3 Å². The summed E-state index contributed by atoms with van der Waals surface area (Å²) in [5, 5.41) is 10.7. The highest BCUT2D eigenvalue weighted by molar-refractivity contribution is 8.10. The van der Waals surface area contributed by atoms with E-state index in [1.165, 1.54) is 30.6 Å². The van der Waals surface area contributed by atoms with E-state index in [1.807, 2.05) is 0 Å². The van der Waals surface area contributed by atoms with Crippen LogP contribution >= 0.6 is 24.0 Å². The van der Waals surface area contributed by atoms with Crippen LogP contribution in [0.15, 0.2) is 46.4 Å². The zero-order chi connectivity index (χ0) is 27.2. The summed E-state index contributed by atoms with van der Waals surface area (Å²) in [6, 6.07) is 4.25. The third-order valence-electron chi connectivity index (χ3n) is 6.04. The molecule has 37 heavy (non-hydrogen) atoms. The van der Waals surface area contributed by atoms with Gasteiger partial charge in [0.05, 0.1) is 5.56 Å². The Balaban J connectivity index is 0.00000481. The summed E-state index contributed by atoms with van der Waals surface area (Å²) in [6.07, 6.45) is 4.86. The van der Waals surface area contributed by atoms with Crippen LogP contribution < -0.4 is 11.0 Å². The Morgan fingerprint density at radius 1 is 1.11 bits per heavy atom. The molecule has 1 aromatic carbocycles. The number of aromatic nitrogens is 2. The lowest BCUT2D eigenvalue weighted by Gasteiger charge is -2.24. The molecule has 15 heteroatoms. The van der Waals surface area contributed by atoms with E-state index < -0.39 is 63.2 Å². The topological polar surface area (TPSA) is 149 Å². The maximum atomic E-state index is 14.0. The van der Waals surface area contributed by atoms with Crippen molar-refractivity contribution in [2.45, 2.75) is 30.4 Å². The number of halogens is 3. The standard InChI is InChI=1S/C22H22ClFN2O8S2.ClH/c1-22(35(2,31)32,36(3,33)34)20(29)14-12-26-11-10-25(21(30)17(26)19(28)18(14)27)9-5-6-13-15(23)7-4-8-16(13)24;/h4,7-8,10-12,28H,5-6,9H2,1-3H3;1H. The van der Waals surface area contributed by atoms with Crippen molar-refractivity contribution in [3.63, 3.8) is 0 Å². The molecule has 0 spiro atoms. The van der Waals surface area contributed by atoms with Gasteiger partial charge < -0.3 is 14.1 Å². The molecule has 202 valence electrons. The second kappa shape index (κ2) is 10.6. The largest absolute Gasteiger partial charge is 0.503 e. The van der Waals surface area contributed by atoms with E-state index in [-0.39, 0.29) is 42.4 Å². The van der Waals surface area contributed by atoms with Gasteiger partial charge >= 0.3 is 0 Å². The molecule has 0 amide bonds. The molecule has 3 rings (SSSR count). The molecule has 0 aliphatic rings. The van der Waals surface area contributed by atoms with Crippen LogP contribution in [0.3, 0.4) is 0 Å². The molecule has 0 unspecified atom stereocenters. The quantitative estimate of drug-likeness (QED) is 0.388. The molecule has 0 saturated carbocycles. The van der Waals surface area contributed by atoms with E-state index >= 15 is 0 Å². The fraction of sp³-hybridized carbons (Fsp3) is 0.318. The molecule has 0 atom stereocenters. The zero-order valence-corrected chi connectivity index (χ0v) is 23.0. The van der Waals surface area contributed by atoms with Crippen LogP contribution in [0.2, 0.25) is 5.02 Å². The van der Waals surface area contributed by atoms with Gasteiger partial charge in [-0.25, -0.2) is 21.2 Å². The molecule has 0 radical (unpaired) electrons. The average molecular weight is 597 g/mol. The Bertz CT molecular complexity index is 1680. The minimum absolute atomic E-state index is 0. The molecule has 1 N–H and O–H groups in total. The first-order valence-electron chi connectivity index (χ1n) is 10.4. The predicted octanol–water partition coefficient (Wildman–Crippen LogP) is 2.00. The molecule has 3 aromatic rings. The van der Waals surface area contributed by atoms with Crippen LogP contribution in [0.4, 0.5) is 4.39 Å². The zero-order valence-electron chi connectivity index (χ0n) is 19.8. The highest BCUT2D eigenvalue weighted by Crippen LogP contribution is 2.28. The van der Waals surface area contributed by atoms with Crippen LogP contribution in [0.5, 0.6) is 5.75 Å². The van der Waals surface area contributed by atoms with Crippen molar-refractivity contribution in [3.8, 4) is 5.75 Å². The van der Waals surface area contributed by atoms with Gasteiger partial charge in [-0.15, -0.1) is 12.4 Å². The summed E-state index contributed by atoms with van der Waals surface area (Å²) in [7, 11) is -9.15. The van der Waals surface area contributed by atoms with Crippen molar-refractivity contribution in [1.29, 1.82) is 0 Å². The number of benzene rings is 1. The lowest BCUT2D eigenvalue weighted by molar-refractivity contribution is 0.0976. The van der Waals surface area contributed by atoms with Crippen LogP contribution in [0.1, 0.15) is 29.3 Å². The Kier molecular flexibility index (Phi) is 8.70. The van der Waals surface area contributed by atoms with Gasteiger partial charge in [-0.3, -0.25) is 14.4 Å². The molecule has 0 aliphatic carbocycles. The Morgan fingerprint density at radius 2 is 1.70 bits per heavy atom. The lowest BCUT2D eigenvalue weighted by Crippen LogP contribution is -2.50. The number of pyridine rings is 1. The molecule has 0 aliphatic heterocycles. The number of ketones is 1. The number of fused-ring (bicyclic) bond motifs is 1. The van der Waals surface area contributed by atoms with Crippen molar-refractivity contribution in [2.24, 2.45) is 0 Å². The first kappa shape index (κ1) is 30.5. The minimum atomic E-state index is -4.58. The fourth-order valence-electron chi connectivity index (χ4n) is 3.70. The first-order valence-corrected chi connectivity index (χ1v) is 14.5. The van der Waals surface area contributed by atoms with E-state index in [4.69, 9.17) is 11.6 Å². The van der Waals surface area contributed by atoms with Crippen molar-refractivity contribution in [1.82, 2.24) is 8.97 Å². The van der Waals surface area contributed by atoms with Gasteiger partial charge in [0.25, 0.3) is 5.56 Å². The Morgan fingerprint density at radius 3 is 2.24 bits per heavy atom. The average Bonchev–Trinajstić information content (AvgIpc) is 2.76. The molecular formula is C22H23Cl2FN2O8S2. The number of aromatic hydroxyl groups is 1. The van der Waals surface area contributed by atoms with Crippen LogP contribution in [-0.2, 0) is 32.6 Å². The number of sulfone groups is 2. The van der Waals surface area contributed by atoms with Crippen molar-refractivity contribution >= 4 is 55.0 Å². The van der Waals surface area contributed by atoms with E-state index in [0.717, 1.165) is 15.2 Å². The second-order valence-electron chi connectivity index (χ2n) is 8.40. The Labute approximate surface area is 222 Å². The van der Waals surface area contributed by atoms with Crippen LogP contribution in [-0.4, -0.2) is 53.3 Å². The third-order valence-corrected chi connectivity index (χ3v) is 11.4.